The third-order valence-corrected chi connectivity index (χ3v) is 10.8. The lowest BCUT2D eigenvalue weighted by Crippen LogP contribution is -2.45. The number of amides is 1. The van der Waals surface area contributed by atoms with E-state index in [4.69, 9.17) is 19.2 Å². The van der Waals surface area contributed by atoms with Gasteiger partial charge in [-0.15, -0.1) is 0 Å². The van der Waals surface area contributed by atoms with Crippen molar-refractivity contribution >= 4 is 42.6 Å². The standard InChI is InChI=1S/C29H38N4O6S2/c1-21-5-7-23(8-6-21)41(35,36)32-15-11-22(12-16-32)28(34)33(14-4-13-31-17-19-39-20-18-31)29-30-26-24(37-2)9-10-25(38-3)27(26)40-29/h5-10,22H,4,11-20H2,1-3H3. The van der Waals surface area contributed by atoms with E-state index in [1.54, 1.807) is 43.4 Å². The summed E-state index contributed by atoms with van der Waals surface area (Å²) >= 11 is 1.42. The first-order chi connectivity index (χ1) is 19.8. The SMILES string of the molecule is COc1ccc(OC)c2sc(N(CCCN3CCOCC3)C(=O)C3CCN(S(=O)(=O)c4ccc(C)cc4)CC3)nc12. The fourth-order valence-electron chi connectivity index (χ4n) is 5.39. The molecule has 2 aliphatic heterocycles. The first-order valence-electron chi connectivity index (χ1n) is 14.0. The zero-order valence-electron chi connectivity index (χ0n) is 23.9. The number of carbonyl (C=O) groups excluding carboxylic acids is 1. The molecule has 0 saturated carbocycles. The molecular weight excluding hydrogens is 564 g/mol. The molecule has 5 rings (SSSR count). The van der Waals surface area contributed by atoms with E-state index in [0.29, 0.717) is 54.6 Å². The summed E-state index contributed by atoms with van der Waals surface area (Å²) in [6.07, 6.45) is 1.71. The second kappa shape index (κ2) is 13.0. The van der Waals surface area contributed by atoms with E-state index in [-0.39, 0.29) is 16.7 Å². The van der Waals surface area contributed by atoms with E-state index in [0.717, 1.165) is 49.5 Å². The van der Waals surface area contributed by atoms with Crippen molar-refractivity contribution in [3.05, 3.63) is 42.0 Å². The number of benzene rings is 2. The number of aryl methyl sites for hydroxylation is 1. The molecule has 1 aromatic heterocycles. The van der Waals surface area contributed by atoms with Crippen LogP contribution in [0.3, 0.4) is 0 Å². The minimum Gasteiger partial charge on any atom is -0.495 e. The second-order valence-electron chi connectivity index (χ2n) is 10.4. The highest BCUT2D eigenvalue weighted by Crippen LogP contribution is 2.41. The number of morpholine rings is 1. The van der Waals surface area contributed by atoms with E-state index in [9.17, 15) is 13.2 Å². The summed E-state index contributed by atoms with van der Waals surface area (Å²) in [5, 5.41) is 0.601. The molecule has 3 heterocycles. The highest BCUT2D eigenvalue weighted by atomic mass is 32.2. The van der Waals surface area contributed by atoms with Crippen LogP contribution in [-0.2, 0) is 19.6 Å². The summed E-state index contributed by atoms with van der Waals surface area (Å²) in [6.45, 7) is 7.13. The van der Waals surface area contributed by atoms with Crippen molar-refractivity contribution in [2.75, 3.05) is 71.6 Å². The third-order valence-electron chi connectivity index (χ3n) is 7.82. The molecule has 2 saturated heterocycles. The maximum absolute atomic E-state index is 14.1. The molecule has 12 heteroatoms. The Morgan fingerprint density at radius 1 is 1.02 bits per heavy atom. The van der Waals surface area contributed by atoms with Crippen LogP contribution in [0.15, 0.2) is 41.3 Å². The quantitative estimate of drug-likeness (QED) is 0.346. The Balaban J connectivity index is 1.35. The molecule has 0 bridgehead atoms. The number of anilines is 1. The van der Waals surface area contributed by atoms with E-state index in [2.05, 4.69) is 4.90 Å². The molecule has 10 nitrogen and oxygen atoms in total. The van der Waals surface area contributed by atoms with Crippen molar-refractivity contribution in [2.45, 2.75) is 31.1 Å². The average Bonchev–Trinajstić information content (AvgIpc) is 3.44. The molecule has 2 fully saturated rings. The van der Waals surface area contributed by atoms with Crippen LogP contribution >= 0.6 is 11.3 Å². The monoisotopic (exact) mass is 602 g/mol. The molecular formula is C29H38N4O6S2. The molecule has 0 unspecified atom stereocenters. The Labute approximate surface area is 245 Å². The van der Waals surface area contributed by atoms with Crippen LogP contribution in [0.1, 0.15) is 24.8 Å². The van der Waals surface area contributed by atoms with Crippen LogP contribution in [0.4, 0.5) is 5.13 Å². The van der Waals surface area contributed by atoms with Crippen LogP contribution in [0, 0.1) is 12.8 Å². The summed E-state index contributed by atoms with van der Waals surface area (Å²) in [7, 11) is -0.389. The fraction of sp³-hybridized carbons (Fsp3) is 0.517. The molecule has 0 radical (unpaired) electrons. The molecule has 1 amide bonds. The van der Waals surface area contributed by atoms with Gasteiger partial charge in [-0.1, -0.05) is 29.0 Å². The number of carbonyl (C=O) groups is 1. The lowest BCUT2D eigenvalue weighted by molar-refractivity contribution is -0.123. The molecule has 0 spiro atoms. The molecule has 0 N–H and O–H groups in total. The number of aromatic nitrogens is 1. The van der Waals surface area contributed by atoms with Crippen LogP contribution in [0.2, 0.25) is 0 Å². The van der Waals surface area contributed by atoms with E-state index in [1.165, 1.54) is 15.6 Å². The van der Waals surface area contributed by atoms with E-state index in [1.807, 2.05) is 19.1 Å². The van der Waals surface area contributed by atoms with Gasteiger partial charge < -0.3 is 14.2 Å². The van der Waals surface area contributed by atoms with Gasteiger partial charge in [0.15, 0.2) is 5.13 Å². The number of hydrogen-bond donors (Lipinski definition) is 0. The third kappa shape index (κ3) is 6.51. The topological polar surface area (TPSA) is 102 Å². The number of thiazole rings is 1. The van der Waals surface area contributed by atoms with Gasteiger partial charge in [0, 0.05) is 45.2 Å². The highest BCUT2D eigenvalue weighted by molar-refractivity contribution is 7.89. The molecule has 2 aromatic carbocycles. The fourth-order valence-corrected chi connectivity index (χ4v) is 7.97. The molecule has 2 aliphatic rings. The van der Waals surface area contributed by atoms with Crippen molar-refractivity contribution in [3.8, 4) is 11.5 Å². The van der Waals surface area contributed by atoms with E-state index < -0.39 is 10.0 Å². The van der Waals surface area contributed by atoms with Crippen molar-refractivity contribution in [1.82, 2.24) is 14.2 Å². The number of hydrogen-bond acceptors (Lipinski definition) is 9. The average molecular weight is 603 g/mol. The van der Waals surface area contributed by atoms with Crippen LogP contribution in [0.5, 0.6) is 11.5 Å². The van der Waals surface area contributed by atoms with Gasteiger partial charge in [0.25, 0.3) is 0 Å². The number of fused-ring (bicyclic) bond motifs is 1. The summed E-state index contributed by atoms with van der Waals surface area (Å²) in [5.41, 5.74) is 1.67. The van der Waals surface area contributed by atoms with Crippen LogP contribution in [0.25, 0.3) is 10.2 Å². The largest absolute Gasteiger partial charge is 0.495 e. The number of methoxy groups -OCH3 is 2. The normalized spacial score (nSPS) is 17.5. The van der Waals surface area contributed by atoms with Gasteiger partial charge in [0.1, 0.15) is 21.7 Å². The Hall–Kier alpha value is -2.77. The van der Waals surface area contributed by atoms with Gasteiger partial charge in [-0.05, 0) is 50.5 Å². The number of nitrogens with zero attached hydrogens (tertiary/aromatic N) is 4. The van der Waals surface area contributed by atoms with Crippen LogP contribution < -0.4 is 14.4 Å². The van der Waals surface area contributed by atoms with Gasteiger partial charge in [-0.2, -0.15) is 4.31 Å². The number of rotatable bonds is 10. The zero-order chi connectivity index (χ0) is 29.0. The molecule has 0 aliphatic carbocycles. The zero-order valence-corrected chi connectivity index (χ0v) is 25.5. The van der Waals surface area contributed by atoms with Gasteiger partial charge in [0.05, 0.1) is 32.3 Å². The van der Waals surface area contributed by atoms with Crippen molar-refractivity contribution in [3.63, 3.8) is 0 Å². The first kappa shape index (κ1) is 29.7. The second-order valence-corrected chi connectivity index (χ2v) is 13.3. The number of ether oxygens (including phenoxy) is 3. The lowest BCUT2D eigenvalue weighted by atomic mass is 9.96. The highest BCUT2D eigenvalue weighted by Gasteiger charge is 2.35. The smallest absolute Gasteiger partial charge is 0.243 e. The maximum Gasteiger partial charge on any atom is 0.243 e. The summed E-state index contributed by atoms with van der Waals surface area (Å²) in [6, 6.07) is 10.6. The molecule has 222 valence electrons. The molecule has 3 aromatic rings. The van der Waals surface area contributed by atoms with Gasteiger partial charge in [0.2, 0.25) is 15.9 Å². The number of piperidine rings is 1. The first-order valence-corrected chi connectivity index (χ1v) is 16.3. The molecule has 41 heavy (non-hydrogen) atoms. The number of sulfonamides is 1. The summed E-state index contributed by atoms with van der Waals surface area (Å²) < 4.78 is 45.4. The predicted molar refractivity (Wildman–Crippen MR) is 160 cm³/mol. The molecule has 0 atom stereocenters. The van der Waals surface area contributed by atoms with Gasteiger partial charge >= 0.3 is 0 Å². The van der Waals surface area contributed by atoms with Crippen molar-refractivity contribution in [1.29, 1.82) is 0 Å². The van der Waals surface area contributed by atoms with Gasteiger partial charge in [-0.3, -0.25) is 14.6 Å². The van der Waals surface area contributed by atoms with Crippen LogP contribution in [-0.4, -0.2) is 95.2 Å². The predicted octanol–water partition coefficient (Wildman–Crippen LogP) is 3.78. The summed E-state index contributed by atoms with van der Waals surface area (Å²) in [5.74, 6) is 0.994. The minimum absolute atomic E-state index is 0.0173. The summed E-state index contributed by atoms with van der Waals surface area (Å²) in [4.78, 5) is 23.3. The van der Waals surface area contributed by atoms with Gasteiger partial charge in [-0.25, -0.2) is 13.4 Å². The minimum atomic E-state index is -3.61. The van der Waals surface area contributed by atoms with E-state index >= 15 is 0 Å². The lowest BCUT2D eigenvalue weighted by Gasteiger charge is -2.33. The Morgan fingerprint density at radius 3 is 2.34 bits per heavy atom. The van der Waals surface area contributed by atoms with Crippen molar-refractivity contribution in [2.24, 2.45) is 5.92 Å². The maximum atomic E-state index is 14.1. The van der Waals surface area contributed by atoms with Crippen molar-refractivity contribution < 1.29 is 27.4 Å². The Kier molecular flexibility index (Phi) is 9.45. The Morgan fingerprint density at radius 2 is 1.68 bits per heavy atom. The Bertz CT molecular complexity index is 1400.